The van der Waals surface area contributed by atoms with E-state index in [4.69, 9.17) is 0 Å². The Morgan fingerprint density at radius 1 is 1.21 bits per heavy atom. The average molecular weight is 276 g/mol. The van der Waals surface area contributed by atoms with E-state index in [0.717, 1.165) is 11.3 Å². The van der Waals surface area contributed by atoms with Crippen molar-refractivity contribution in [2.45, 2.75) is 17.8 Å². The smallest absolute Gasteiger partial charge is 0.256 e. The molecule has 3 rings (SSSR count). The fourth-order valence-electron chi connectivity index (χ4n) is 2.65. The molecule has 0 aromatic heterocycles. The molecule has 0 spiro atoms. The van der Waals surface area contributed by atoms with Crippen molar-refractivity contribution in [3.63, 3.8) is 0 Å². The molecule has 2 saturated heterocycles. The van der Waals surface area contributed by atoms with Crippen LogP contribution >= 0.6 is 11.8 Å². The quantitative estimate of drug-likeness (QED) is 0.808. The molecule has 5 heteroatoms. The lowest BCUT2D eigenvalue weighted by Gasteiger charge is -2.39. The fraction of sp³-hybridized carbons (Fsp3) is 0.429. The number of thioether (sulfide) groups is 1. The van der Waals surface area contributed by atoms with Crippen molar-refractivity contribution >= 4 is 23.6 Å². The maximum absolute atomic E-state index is 12.5. The second-order valence-corrected chi connectivity index (χ2v) is 6.10. The highest BCUT2D eigenvalue weighted by Crippen LogP contribution is 2.31. The fourth-order valence-corrected chi connectivity index (χ4v) is 3.87. The van der Waals surface area contributed by atoms with Crippen molar-refractivity contribution in [3.05, 3.63) is 35.9 Å². The van der Waals surface area contributed by atoms with Gasteiger partial charge in [-0.1, -0.05) is 30.3 Å². The highest BCUT2D eigenvalue weighted by molar-refractivity contribution is 8.00. The molecular weight excluding hydrogens is 260 g/mol. The maximum Gasteiger partial charge on any atom is 0.256 e. The van der Waals surface area contributed by atoms with Crippen LogP contribution in [-0.2, 0) is 16.0 Å². The molecule has 0 saturated carbocycles. The van der Waals surface area contributed by atoms with Crippen LogP contribution < -0.4 is 0 Å². The minimum absolute atomic E-state index is 0.0584. The Bertz CT molecular complexity index is 505. The van der Waals surface area contributed by atoms with E-state index in [1.54, 1.807) is 28.6 Å². The Hall–Kier alpha value is -1.49. The largest absolute Gasteiger partial charge is 0.331 e. The molecule has 2 amide bonds. The standard InChI is InChI=1S/C14H16N2O2S/c1-15-11(9-10-5-3-2-4-6-10)12(17)16-7-8-19-14(16)13(15)18/h2-6,11,14H,7-9H2,1H3/t11-,14+/m0/s1. The third-order valence-corrected chi connectivity index (χ3v) is 4.95. The summed E-state index contributed by atoms with van der Waals surface area (Å²) >= 11 is 1.56. The number of amides is 2. The van der Waals surface area contributed by atoms with Gasteiger partial charge in [0.25, 0.3) is 5.91 Å². The monoisotopic (exact) mass is 276 g/mol. The zero-order chi connectivity index (χ0) is 13.4. The van der Waals surface area contributed by atoms with Gasteiger partial charge < -0.3 is 9.80 Å². The van der Waals surface area contributed by atoms with E-state index in [0.29, 0.717) is 13.0 Å². The van der Waals surface area contributed by atoms with Crippen molar-refractivity contribution in [2.24, 2.45) is 0 Å². The van der Waals surface area contributed by atoms with Crippen LogP contribution in [-0.4, -0.2) is 52.4 Å². The first-order valence-corrected chi connectivity index (χ1v) is 7.46. The SMILES string of the molecule is CN1C(=O)[C@H]2SCCN2C(=O)[C@@H]1Cc1ccccc1. The number of fused-ring (bicyclic) bond motifs is 1. The van der Waals surface area contributed by atoms with E-state index in [1.165, 1.54) is 0 Å². The lowest BCUT2D eigenvalue weighted by atomic mass is 10.0. The van der Waals surface area contributed by atoms with Gasteiger partial charge in [0.05, 0.1) is 0 Å². The topological polar surface area (TPSA) is 40.6 Å². The van der Waals surface area contributed by atoms with Crippen LogP contribution in [0.5, 0.6) is 0 Å². The molecule has 2 fully saturated rings. The molecule has 19 heavy (non-hydrogen) atoms. The second-order valence-electron chi connectivity index (χ2n) is 4.91. The third-order valence-electron chi connectivity index (χ3n) is 3.76. The van der Waals surface area contributed by atoms with Crippen LogP contribution in [0.2, 0.25) is 0 Å². The number of benzene rings is 1. The van der Waals surface area contributed by atoms with E-state index in [9.17, 15) is 9.59 Å². The van der Waals surface area contributed by atoms with Crippen LogP contribution in [0.3, 0.4) is 0 Å². The van der Waals surface area contributed by atoms with E-state index in [2.05, 4.69) is 0 Å². The van der Waals surface area contributed by atoms with Gasteiger partial charge in [-0.15, -0.1) is 11.8 Å². The number of carbonyl (C=O) groups is 2. The Balaban J connectivity index is 1.84. The van der Waals surface area contributed by atoms with Gasteiger partial charge in [-0.05, 0) is 5.56 Å². The van der Waals surface area contributed by atoms with E-state index in [1.807, 2.05) is 30.3 Å². The van der Waals surface area contributed by atoms with E-state index in [-0.39, 0.29) is 23.2 Å². The molecule has 2 heterocycles. The van der Waals surface area contributed by atoms with E-state index < -0.39 is 0 Å². The molecule has 100 valence electrons. The van der Waals surface area contributed by atoms with Gasteiger partial charge in [0.1, 0.15) is 6.04 Å². The number of hydrogen-bond acceptors (Lipinski definition) is 3. The third kappa shape index (κ3) is 2.12. The summed E-state index contributed by atoms with van der Waals surface area (Å²) in [5, 5.41) is -0.287. The lowest BCUT2D eigenvalue weighted by Crippen LogP contribution is -2.61. The molecule has 0 aliphatic carbocycles. The van der Waals surface area contributed by atoms with Gasteiger partial charge in [-0.2, -0.15) is 0 Å². The molecule has 2 aliphatic heterocycles. The van der Waals surface area contributed by atoms with Crippen molar-refractivity contribution < 1.29 is 9.59 Å². The van der Waals surface area contributed by atoms with Gasteiger partial charge in [-0.25, -0.2) is 0 Å². The maximum atomic E-state index is 12.5. The van der Waals surface area contributed by atoms with Crippen LogP contribution in [0, 0.1) is 0 Å². The molecule has 1 aromatic rings. The molecule has 0 unspecified atom stereocenters. The molecule has 1 aromatic carbocycles. The highest BCUT2D eigenvalue weighted by atomic mass is 32.2. The molecule has 0 radical (unpaired) electrons. The average Bonchev–Trinajstić information content (AvgIpc) is 2.92. The summed E-state index contributed by atoms with van der Waals surface area (Å²) in [6.07, 6.45) is 0.593. The summed E-state index contributed by atoms with van der Waals surface area (Å²) in [4.78, 5) is 28.1. The number of nitrogens with zero attached hydrogens (tertiary/aromatic N) is 2. The predicted octanol–water partition coefficient (Wildman–Crippen LogP) is 0.971. The predicted molar refractivity (Wildman–Crippen MR) is 74.7 cm³/mol. The van der Waals surface area contributed by atoms with Crippen molar-refractivity contribution in [3.8, 4) is 0 Å². The molecule has 2 atom stereocenters. The summed E-state index contributed by atoms with van der Waals surface area (Å²) in [6, 6.07) is 9.50. The van der Waals surface area contributed by atoms with Crippen molar-refractivity contribution in [1.29, 1.82) is 0 Å². The number of rotatable bonds is 2. The van der Waals surface area contributed by atoms with Crippen molar-refractivity contribution in [2.75, 3.05) is 19.3 Å². The van der Waals surface area contributed by atoms with Gasteiger partial charge in [0.2, 0.25) is 5.91 Å². The Kier molecular flexibility index (Phi) is 3.22. The number of piperazine rings is 1. The van der Waals surface area contributed by atoms with Crippen LogP contribution in [0.25, 0.3) is 0 Å². The Morgan fingerprint density at radius 3 is 2.68 bits per heavy atom. The summed E-state index contributed by atoms with van der Waals surface area (Å²) in [5.74, 6) is 0.998. The first-order valence-electron chi connectivity index (χ1n) is 6.41. The summed E-state index contributed by atoms with van der Waals surface area (Å²) in [7, 11) is 1.74. The molecular formula is C14H16N2O2S. The van der Waals surface area contributed by atoms with Gasteiger partial charge in [0.15, 0.2) is 5.37 Å². The van der Waals surface area contributed by atoms with Gasteiger partial charge in [0, 0.05) is 25.8 Å². The van der Waals surface area contributed by atoms with Crippen molar-refractivity contribution in [1.82, 2.24) is 9.80 Å². The highest BCUT2D eigenvalue weighted by Gasteiger charge is 2.46. The normalized spacial score (nSPS) is 26.8. The number of likely N-dealkylation sites (N-methyl/N-ethyl adjacent to an activating group) is 1. The first kappa shape index (κ1) is 12.5. The zero-order valence-electron chi connectivity index (χ0n) is 10.8. The molecule has 4 nitrogen and oxygen atoms in total. The Labute approximate surface area is 116 Å². The lowest BCUT2D eigenvalue weighted by molar-refractivity contribution is -0.155. The Morgan fingerprint density at radius 2 is 1.95 bits per heavy atom. The molecule has 0 N–H and O–H groups in total. The van der Waals surface area contributed by atoms with Crippen LogP contribution in [0.4, 0.5) is 0 Å². The summed E-state index contributed by atoms with van der Waals surface area (Å²) < 4.78 is 0. The summed E-state index contributed by atoms with van der Waals surface area (Å²) in [6.45, 7) is 0.693. The van der Waals surface area contributed by atoms with E-state index >= 15 is 0 Å². The minimum atomic E-state index is -0.357. The molecule has 0 bridgehead atoms. The van der Waals surface area contributed by atoms with Crippen LogP contribution in [0.1, 0.15) is 5.56 Å². The second kappa shape index (κ2) is 4.89. The minimum Gasteiger partial charge on any atom is -0.331 e. The first-order chi connectivity index (χ1) is 9.18. The number of carbonyl (C=O) groups excluding carboxylic acids is 2. The molecule has 2 aliphatic rings. The summed E-state index contributed by atoms with van der Waals surface area (Å²) in [5.41, 5.74) is 1.09. The van der Waals surface area contributed by atoms with Gasteiger partial charge >= 0.3 is 0 Å². The van der Waals surface area contributed by atoms with Crippen LogP contribution in [0.15, 0.2) is 30.3 Å². The van der Waals surface area contributed by atoms with Gasteiger partial charge in [-0.3, -0.25) is 9.59 Å². The zero-order valence-corrected chi connectivity index (χ0v) is 11.6. The number of hydrogen-bond donors (Lipinski definition) is 0.